The molecule has 2 aliphatic rings. The molecule has 0 aromatic carbocycles. The van der Waals surface area contributed by atoms with Crippen LogP contribution in [0, 0.1) is 16.7 Å². The van der Waals surface area contributed by atoms with Gasteiger partial charge in [-0.25, -0.2) is 14.8 Å². The fourth-order valence-electron chi connectivity index (χ4n) is 5.61. The maximum atomic E-state index is 11.7. The zero-order valence-electron chi connectivity index (χ0n) is 27.0. The van der Waals surface area contributed by atoms with Gasteiger partial charge in [-0.05, 0) is 84.4 Å². The summed E-state index contributed by atoms with van der Waals surface area (Å²) in [5, 5.41) is 23.7. The molecule has 45 heavy (non-hydrogen) atoms. The molecule has 2 aromatic heterocycles. The van der Waals surface area contributed by atoms with Crippen LogP contribution in [0.25, 0.3) is 11.3 Å². The number of nitriles is 1. The van der Waals surface area contributed by atoms with Crippen molar-refractivity contribution in [2.24, 2.45) is 5.41 Å². The lowest BCUT2D eigenvalue weighted by atomic mass is 9.82. The predicted octanol–water partition coefficient (Wildman–Crippen LogP) is 5.77. The van der Waals surface area contributed by atoms with Crippen molar-refractivity contribution in [2.45, 2.75) is 89.9 Å². The van der Waals surface area contributed by atoms with Gasteiger partial charge in [0.25, 0.3) is 0 Å². The van der Waals surface area contributed by atoms with E-state index >= 15 is 0 Å². The van der Waals surface area contributed by atoms with Crippen LogP contribution in [0.4, 0.5) is 16.4 Å². The molecule has 1 amide bonds. The van der Waals surface area contributed by atoms with Crippen LogP contribution in [-0.2, 0) is 14.2 Å². The topological polar surface area (TPSA) is 142 Å². The Hall–Kier alpha value is -3.17. The van der Waals surface area contributed by atoms with Gasteiger partial charge in [-0.1, -0.05) is 17.7 Å². The zero-order chi connectivity index (χ0) is 32.3. The number of nitrogens with zero attached hydrogens (tertiary/aromatic N) is 3. The minimum atomic E-state index is -0.510. The summed E-state index contributed by atoms with van der Waals surface area (Å²) in [4.78, 5) is 21.1. The Kier molecular flexibility index (Phi) is 12.7. The van der Waals surface area contributed by atoms with E-state index in [-0.39, 0.29) is 6.04 Å². The highest BCUT2D eigenvalue weighted by molar-refractivity contribution is 6.33. The van der Waals surface area contributed by atoms with Gasteiger partial charge in [0.2, 0.25) is 0 Å². The molecule has 4 rings (SSSR count). The van der Waals surface area contributed by atoms with Crippen molar-refractivity contribution >= 4 is 29.3 Å². The number of amides is 1. The van der Waals surface area contributed by atoms with E-state index in [4.69, 9.17) is 30.8 Å². The summed E-state index contributed by atoms with van der Waals surface area (Å²) in [5.74, 6) is 1.48. The lowest BCUT2D eigenvalue weighted by Crippen LogP contribution is -2.43. The van der Waals surface area contributed by atoms with Crippen molar-refractivity contribution in [3.05, 3.63) is 35.5 Å². The Labute approximate surface area is 272 Å². The van der Waals surface area contributed by atoms with Crippen LogP contribution < -0.4 is 21.3 Å². The second kappa shape index (κ2) is 16.4. The molecule has 246 valence electrons. The number of alkyl carbamates (subject to hydrolysis) is 1. The van der Waals surface area contributed by atoms with Crippen molar-refractivity contribution in [1.82, 2.24) is 20.6 Å². The second-order valence-electron chi connectivity index (χ2n) is 13.1. The zero-order valence-corrected chi connectivity index (χ0v) is 27.7. The Bertz CT molecular complexity index is 1280. The molecule has 1 aliphatic carbocycles. The molecular formula is C33H48ClN7O4. The maximum Gasteiger partial charge on any atom is 0.407 e. The number of aromatic nitrogens is 2. The highest BCUT2D eigenvalue weighted by Crippen LogP contribution is 2.32. The van der Waals surface area contributed by atoms with Gasteiger partial charge in [-0.2, -0.15) is 5.26 Å². The molecule has 4 N–H and O–H groups in total. The maximum absolute atomic E-state index is 11.7. The molecule has 2 fully saturated rings. The summed E-state index contributed by atoms with van der Waals surface area (Å²) >= 11 is 6.58. The van der Waals surface area contributed by atoms with E-state index < -0.39 is 17.1 Å². The molecule has 11 nitrogen and oxygen atoms in total. The average Bonchev–Trinajstić information content (AvgIpc) is 3.01. The molecule has 1 saturated carbocycles. The van der Waals surface area contributed by atoms with E-state index in [0.717, 1.165) is 42.8 Å². The highest BCUT2D eigenvalue weighted by atomic mass is 35.5. The minimum Gasteiger partial charge on any atom is -0.444 e. The first-order valence-electron chi connectivity index (χ1n) is 16.0. The molecule has 1 unspecified atom stereocenters. The smallest absolute Gasteiger partial charge is 0.407 e. The van der Waals surface area contributed by atoms with E-state index in [2.05, 4.69) is 39.2 Å². The Balaban J connectivity index is 1.20. The lowest BCUT2D eigenvalue weighted by molar-refractivity contribution is 0.0455. The van der Waals surface area contributed by atoms with Gasteiger partial charge in [0.05, 0.1) is 35.4 Å². The number of carbonyl (C=O) groups is 1. The second-order valence-corrected chi connectivity index (χ2v) is 13.5. The van der Waals surface area contributed by atoms with Gasteiger partial charge in [0.15, 0.2) is 0 Å². The first kappa shape index (κ1) is 34.7. The summed E-state index contributed by atoms with van der Waals surface area (Å²) in [5.41, 5.74) is 0.607. The van der Waals surface area contributed by atoms with Crippen LogP contribution in [0.2, 0.25) is 5.02 Å². The molecule has 0 bridgehead atoms. The summed E-state index contributed by atoms with van der Waals surface area (Å²) in [6, 6.07) is 11.2. The Morgan fingerprint density at radius 2 is 1.91 bits per heavy atom. The van der Waals surface area contributed by atoms with Crippen LogP contribution in [0.1, 0.15) is 66.2 Å². The average molecular weight is 642 g/mol. The first-order valence-corrected chi connectivity index (χ1v) is 16.3. The number of nitrogens with one attached hydrogen (secondary N) is 4. The third kappa shape index (κ3) is 11.3. The van der Waals surface area contributed by atoms with Gasteiger partial charge in [-0.15, -0.1) is 0 Å². The predicted molar refractivity (Wildman–Crippen MR) is 176 cm³/mol. The lowest BCUT2D eigenvalue weighted by Gasteiger charge is -2.32. The fourth-order valence-corrected chi connectivity index (χ4v) is 5.81. The van der Waals surface area contributed by atoms with Gasteiger partial charge in [0, 0.05) is 56.2 Å². The van der Waals surface area contributed by atoms with Crippen molar-refractivity contribution in [1.29, 1.82) is 5.26 Å². The molecule has 0 spiro atoms. The number of halogens is 1. The number of hydrogen-bond donors (Lipinski definition) is 4. The van der Waals surface area contributed by atoms with Gasteiger partial charge >= 0.3 is 6.09 Å². The molecule has 2 aromatic rings. The quantitative estimate of drug-likeness (QED) is 0.199. The number of hydrogen-bond acceptors (Lipinski definition) is 10. The van der Waals surface area contributed by atoms with Crippen LogP contribution in [-0.4, -0.2) is 79.3 Å². The highest BCUT2D eigenvalue weighted by Gasteiger charge is 2.32. The van der Waals surface area contributed by atoms with E-state index in [1.807, 2.05) is 45.0 Å². The fraction of sp³-hybridized carbons (Fsp3) is 0.636. The van der Waals surface area contributed by atoms with Gasteiger partial charge in [-0.3, -0.25) is 0 Å². The summed E-state index contributed by atoms with van der Waals surface area (Å²) in [6.07, 6.45) is 6.81. The normalized spacial score (nSPS) is 20.4. The number of pyridine rings is 2. The van der Waals surface area contributed by atoms with Gasteiger partial charge < -0.3 is 35.5 Å². The van der Waals surface area contributed by atoms with Crippen LogP contribution in [0.3, 0.4) is 0 Å². The molecule has 1 atom stereocenters. The molecule has 12 heteroatoms. The molecular weight excluding hydrogens is 594 g/mol. The molecule has 0 radical (unpaired) electrons. The van der Waals surface area contributed by atoms with E-state index in [1.54, 1.807) is 6.20 Å². The van der Waals surface area contributed by atoms with Crippen molar-refractivity contribution in [2.75, 3.05) is 50.2 Å². The monoisotopic (exact) mass is 641 g/mol. The number of anilines is 2. The van der Waals surface area contributed by atoms with Crippen LogP contribution in [0.5, 0.6) is 0 Å². The largest absolute Gasteiger partial charge is 0.444 e. The SMILES string of the molecule is CC(COCCNC(=O)OC(C)(C)C)NC1CCC(Nc2cc(-c3cccc(NCC4(C#N)CCOCC4)n3)c(Cl)cn2)CC1. The van der Waals surface area contributed by atoms with Gasteiger partial charge in [0.1, 0.15) is 17.2 Å². The van der Waals surface area contributed by atoms with Crippen molar-refractivity contribution in [3.8, 4) is 17.3 Å². The summed E-state index contributed by atoms with van der Waals surface area (Å²) < 4.78 is 16.4. The van der Waals surface area contributed by atoms with Crippen molar-refractivity contribution < 1.29 is 19.0 Å². The van der Waals surface area contributed by atoms with E-state index in [1.165, 1.54) is 0 Å². The Morgan fingerprint density at radius 1 is 1.18 bits per heavy atom. The molecule has 1 saturated heterocycles. The third-order valence-corrected chi connectivity index (χ3v) is 8.36. The van der Waals surface area contributed by atoms with E-state index in [0.29, 0.717) is 75.3 Å². The van der Waals surface area contributed by atoms with Crippen LogP contribution >= 0.6 is 11.6 Å². The standard InChI is InChI=1S/C33H48ClN7O4/c1-23(20-44-17-14-36-31(42)45-32(2,3)4)39-24-8-10-25(11-9-24)40-30-18-26(27(34)19-37-30)28-6-5-7-29(41-28)38-22-33(21-35)12-15-43-16-13-33/h5-7,18-19,23-25,39H,8-17,20,22H2,1-4H3,(H,36,42)(H,37,40)(H,38,41). The third-order valence-electron chi connectivity index (χ3n) is 8.06. The summed E-state index contributed by atoms with van der Waals surface area (Å²) in [6.45, 7) is 10.8. The first-order chi connectivity index (χ1) is 21.5. The molecule has 3 heterocycles. The Morgan fingerprint density at radius 3 is 2.62 bits per heavy atom. The summed E-state index contributed by atoms with van der Waals surface area (Å²) in [7, 11) is 0. The van der Waals surface area contributed by atoms with E-state index in [9.17, 15) is 10.1 Å². The molecule has 1 aliphatic heterocycles. The van der Waals surface area contributed by atoms with Crippen LogP contribution in [0.15, 0.2) is 30.5 Å². The number of rotatable bonds is 13. The number of carbonyl (C=O) groups excluding carboxylic acids is 1. The minimum absolute atomic E-state index is 0.210. The van der Waals surface area contributed by atoms with Crippen molar-refractivity contribution in [3.63, 3.8) is 0 Å². The number of ether oxygens (including phenoxy) is 3.